The quantitative estimate of drug-likeness (QED) is 0.745. The van der Waals surface area contributed by atoms with Gasteiger partial charge in [-0.25, -0.2) is 0 Å². The Balaban J connectivity index is 1.90. The van der Waals surface area contributed by atoms with E-state index in [9.17, 15) is 4.79 Å². The van der Waals surface area contributed by atoms with Crippen molar-refractivity contribution < 1.29 is 9.53 Å². The van der Waals surface area contributed by atoms with Crippen molar-refractivity contribution in [2.45, 2.75) is 33.1 Å². The first-order chi connectivity index (χ1) is 9.68. The van der Waals surface area contributed by atoms with E-state index < -0.39 is 0 Å². The Kier molecular flexibility index (Phi) is 5.60. The number of nitrogens with zero attached hydrogens (tertiary/aromatic N) is 1. The molecule has 1 saturated heterocycles. The van der Waals surface area contributed by atoms with Gasteiger partial charge in [0.2, 0.25) is 0 Å². The number of ketones is 1. The number of piperidine rings is 1. The molecule has 3 heteroatoms. The fraction of sp³-hybridized carbons (Fsp3) is 0.588. The lowest BCUT2D eigenvalue weighted by Gasteiger charge is -2.26. The van der Waals surface area contributed by atoms with Crippen molar-refractivity contribution in [3.63, 3.8) is 0 Å². The van der Waals surface area contributed by atoms with E-state index in [1.807, 2.05) is 38.1 Å². The second-order valence-electron chi connectivity index (χ2n) is 5.77. The van der Waals surface area contributed by atoms with E-state index in [4.69, 9.17) is 4.74 Å². The zero-order valence-corrected chi connectivity index (χ0v) is 12.6. The molecule has 1 aromatic rings. The van der Waals surface area contributed by atoms with Crippen molar-refractivity contribution in [2.75, 3.05) is 26.2 Å². The SMILES string of the molecule is CC(C)C(=O)c1ccccc1OCCN1CCCCC1. The van der Waals surface area contributed by atoms with Gasteiger partial charge < -0.3 is 4.74 Å². The Morgan fingerprint density at radius 2 is 1.90 bits per heavy atom. The van der Waals surface area contributed by atoms with Gasteiger partial charge in [-0.05, 0) is 38.1 Å². The standard InChI is InChI=1S/C17H25NO2/c1-14(2)17(19)15-8-4-5-9-16(15)20-13-12-18-10-6-3-7-11-18/h4-5,8-9,14H,3,6-7,10-13H2,1-2H3. The first-order valence-corrected chi connectivity index (χ1v) is 7.67. The summed E-state index contributed by atoms with van der Waals surface area (Å²) in [6, 6.07) is 7.57. The van der Waals surface area contributed by atoms with E-state index >= 15 is 0 Å². The molecule has 1 aromatic carbocycles. The molecule has 1 aliphatic heterocycles. The summed E-state index contributed by atoms with van der Waals surface area (Å²) in [7, 11) is 0. The highest BCUT2D eigenvalue weighted by Crippen LogP contribution is 2.21. The molecule has 0 N–H and O–H groups in total. The molecule has 0 bridgehead atoms. The van der Waals surface area contributed by atoms with Gasteiger partial charge in [-0.3, -0.25) is 9.69 Å². The van der Waals surface area contributed by atoms with E-state index in [2.05, 4.69) is 4.90 Å². The average Bonchev–Trinajstić information content (AvgIpc) is 2.48. The van der Waals surface area contributed by atoms with Crippen molar-refractivity contribution in [3.8, 4) is 5.75 Å². The van der Waals surface area contributed by atoms with Crippen LogP contribution in [-0.2, 0) is 0 Å². The summed E-state index contributed by atoms with van der Waals surface area (Å²) < 4.78 is 5.85. The number of Topliss-reactive ketones (excluding diaryl/α,β-unsaturated/α-hetero) is 1. The molecular formula is C17H25NO2. The van der Waals surface area contributed by atoms with Crippen molar-refractivity contribution >= 4 is 5.78 Å². The summed E-state index contributed by atoms with van der Waals surface area (Å²) in [5, 5.41) is 0. The van der Waals surface area contributed by atoms with E-state index in [1.165, 1.54) is 32.4 Å². The Bertz CT molecular complexity index is 436. The van der Waals surface area contributed by atoms with E-state index in [0.717, 1.165) is 12.3 Å². The minimum atomic E-state index is 0.00171. The predicted octanol–water partition coefficient (Wildman–Crippen LogP) is 3.39. The smallest absolute Gasteiger partial charge is 0.169 e. The highest BCUT2D eigenvalue weighted by Gasteiger charge is 2.16. The molecule has 0 aliphatic carbocycles. The van der Waals surface area contributed by atoms with Gasteiger partial charge >= 0.3 is 0 Å². The van der Waals surface area contributed by atoms with Gasteiger partial charge in [-0.2, -0.15) is 0 Å². The molecule has 0 aromatic heterocycles. The third kappa shape index (κ3) is 4.07. The summed E-state index contributed by atoms with van der Waals surface area (Å²) in [6.45, 7) is 7.80. The molecule has 0 radical (unpaired) electrons. The lowest BCUT2D eigenvalue weighted by Crippen LogP contribution is -2.33. The lowest BCUT2D eigenvalue weighted by atomic mass is 10.0. The number of para-hydroxylation sites is 1. The zero-order chi connectivity index (χ0) is 14.4. The monoisotopic (exact) mass is 275 g/mol. The molecular weight excluding hydrogens is 250 g/mol. The normalized spacial score (nSPS) is 16.4. The maximum absolute atomic E-state index is 12.1. The number of carbonyl (C=O) groups is 1. The fourth-order valence-electron chi connectivity index (χ4n) is 2.57. The summed E-state index contributed by atoms with van der Waals surface area (Å²) in [5.41, 5.74) is 0.709. The zero-order valence-electron chi connectivity index (χ0n) is 12.6. The number of ether oxygens (including phenoxy) is 1. The van der Waals surface area contributed by atoms with Crippen molar-refractivity contribution in [1.82, 2.24) is 4.90 Å². The molecule has 0 atom stereocenters. The van der Waals surface area contributed by atoms with Crippen LogP contribution in [0.5, 0.6) is 5.75 Å². The van der Waals surface area contributed by atoms with Gasteiger partial charge in [0.25, 0.3) is 0 Å². The van der Waals surface area contributed by atoms with Gasteiger partial charge in [0.1, 0.15) is 12.4 Å². The maximum atomic E-state index is 12.1. The van der Waals surface area contributed by atoms with E-state index in [-0.39, 0.29) is 11.7 Å². The Morgan fingerprint density at radius 3 is 2.60 bits per heavy atom. The molecule has 20 heavy (non-hydrogen) atoms. The fourth-order valence-corrected chi connectivity index (χ4v) is 2.57. The van der Waals surface area contributed by atoms with Crippen molar-refractivity contribution in [3.05, 3.63) is 29.8 Å². The van der Waals surface area contributed by atoms with Gasteiger partial charge in [-0.15, -0.1) is 0 Å². The van der Waals surface area contributed by atoms with Crippen LogP contribution in [0, 0.1) is 5.92 Å². The summed E-state index contributed by atoms with van der Waals surface area (Å²) in [6.07, 6.45) is 3.94. The number of hydrogen-bond acceptors (Lipinski definition) is 3. The number of likely N-dealkylation sites (tertiary alicyclic amines) is 1. The van der Waals surface area contributed by atoms with E-state index in [0.29, 0.717) is 12.2 Å². The molecule has 2 rings (SSSR count). The summed E-state index contributed by atoms with van der Waals surface area (Å²) in [4.78, 5) is 14.6. The maximum Gasteiger partial charge on any atom is 0.169 e. The van der Waals surface area contributed by atoms with Crippen LogP contribution in [0.1, 0.15) is 43.5 Å². The number of carbonyl (C=O) groups excluding carboxylic acids is 1. The van der Waals surface area contributed by atoms with Crippen molar-refractivity contribution in [1.29, 1.82) is 0 Å². The summed E-state index contributed by atoms with van der Waals surface area (Å²) >= 11 is 0. The molecule has 1 fully saturated rings. The second kappa shape index (κ2) is 7.44. The Morgan fingerprint density at radius 1 is 1.20 bits per heavy atom. The third-order valence-corrected chi connectivity index (χ3v) is 3.79. The van der Waals surface area contributed by atoms with Crippen LogP contribution in [0.2, 0.25) is 0 Å². The van der Waals surface area contributed by atoms with Gasteiger partial charge in [-0.1, -0.05) is 32.4 Å². The van der Waals surface area contributed by atoms with E-state index in [1.54, 1.807) is 0 Å². The Labute approximate surface area is 121 Å². The number of benzene rings is 1. The largest absolute Gasteiger partial charge is 0.491 e. The number of hydrogen-bond donors (Lipinski definition) is 0. The molecule has 1 heterocycles. The Hall–Kier alpha value is -1.35. The molecule has 110 valence electrons. The molecule has 0 saturated carbocycles. The average molecular weight is 275 g/mol. The highest BCUT2D eigenvalue weighted by molar-refractivity contribution is 5.99. The minimum absolute atomic E-state index is 0.00171. The molecule has 0 unspecified atom stereocenters. The first-order valence-electron chi connectivity index (χ1n) is 7.67. The molecule has 0 amide bonds. The van der Waals surface area contributed by atoms with Crippen LogP contribution in [-0.4, -0.2) is 36.9 Å². The van der Waals surface area contributed by atoms with Crippen LogP contribution in [0.4, 0.5) is 0 Å². The minimum Gasteiger partial charge on any atom is -0.491 e. The van der Waals surface area contributed by atoms with Gasteiger partial charge in [0.15, 0.2) is 5.78 Å². The van der Waals surface area contributed by atoms with Crippen LogP contribution in [0.25, 0.3) is 0 Å². The van der Waals surface area contributed by atoms with Gasteiger partial charge in [0.05, 0.1) is 5.56 Å². The lowest BCUT2D eigenvalue weighted by molar-refractivity contribution is 0.0934. The van der Waals surface area contributed by atoms with Gasteiger partial charge in [0, 0.05) is 12.5 Å². The molecule has 0 spiro atoms. The van der Waals surface area contributed by atoms with Crippen LogP contribution in [0.3, 0.4) is 0 Å². The second-order valence-corrected chi connectivity index (χ2v) is 5.77. The van der Waals surface area contributed by atoms with Crippen LogP contribution >= 0.6 is 0 Å². The first kappa shape index (κ1) is 15.0. The van der Waals surface area contributed by atoms with Crippen LogP contribution < -0.4 is 4.74 Å². The molecule has 3 nitrogen and oxygen atoms in total. The molecule has 1 aliphatic rings. The topological polar surface area (TPSA) is 29.5 Å². The van der Waals surface area contributed by atoms with Crippen LogP contribution in [0.15, 0.2) is 24.3 Å². The predicted molar refractivity (Wildman–Crippen MR) is 81.4 cm³/mol. The number of rotatable bonds is 6. The third-order valence-electron chi connectivity index (χ3n) is 3.79. The van der Waals surface area contributed by atoms with Crippen molar-refractivity contribution in [2.24, 2.45) is 5.92 Å². The highest BCUT2D eigenvalue weighted by atomic mass is 16.5. The summed E-state index contributed by atoms with van der Waals surface area (Å²) in [5.74, 6) is 0.878.